The molecule has 100 valence electrons. The lowest BCUT2D eigenvalue weighted by Gasteiger charge is -2.15. The molecule has 0 spiro atoms. The maximum atomic E-state index is 10.6. The number of rotatable bonds is 4. The van der Waals surface area contributed by atoms with Crippen molar-refractivity contribution in [1.82, 2.24) is 5.32 Å². The lowest BCUT2D eigenvalue weighted by molar-refractivity contribution is -0.192. The topological polar surface area (TPSA) is 80.2 Å². The van der Waals surface area contributed by atoms with Gasteiger partial charge in [0, 0.05) is 20.2 Å². The number of ether oxygens (including phenoxy) is 1. The Bertz CT molecular complexity index is 262. The highest BCUT2D eigenvalue weighted by Crippen LogP contribution is 2.13. The van der Waals surface area contributed by atoms with E-state index < -0.39 is 12.1 Å². The molecule has 1 heterocycles. The van der Waals surface area contributed by atoms with Crippen molar-refractivity contribution < 1.29 is 32.6 Å². The third-order valence-electron chi connectivity index (χ3n) is 1.47. The van der Waals surface area contributed by atoms with Gasteiger partial charge in [0.05, 0.1) is 12.3 Å². The van der Waals surface area contributed by atoms with Crippen LogP contribution in [0, 0.1) is 0 Å². The molecule has 0 atom stereocenters. The van der Waals surface area contributed by atoms with Gasteiger partial charge in [0.25, 0.3) is 0 Å². The minimum atomic E-state index is -5.08. The van der Waals surface area contributed by atoms with Crippen molar-refractivity contribution in [3.8, 4) is 0 Å². The van der Waals surface area contributed by atoms with Crippen molar-refractivity contribution in [2.75, 3.05) is 33.4 Å². The third-order valence-corrected chi connectivity index (χ3v) is 1.47. The minimum absolute atomic E-state index is 0.542. The molecule has 6 nitrogen and oxygen atoms in total. The molecule has 0 aromatic heterocycles. The average molecular weight is 258 g/mol. The number of oxime groups is 1. The van der Waals surface area contributed by atoms with E-state index in [1.807, 2.05) is 0 Å². The highest BCUT2D eigenvalue weighted by Gasteiger charge is 2.38. The van der Waals surface area contributed by atoms with Gasteiger partial charge in [0.2, 0.25) is 0 Å². The molecule has 9 heteroatoms. The molecular weight excluding hydrogens is 245 g/mol. The zero-order valence-corrected chi connectivity index (χ0v) is 9.08. The molecule has 0 unspecified atom stereocenters. The molecule has 1 aliphatic heterocycles. The standard InChI is InChI=1S/C6H12N2O2.C2HF3O2/c1-9-2-3-10-8-6-4-7-5-6;3-2(4,5)1(6)7/h7H,2-5H2,1H3;(H,6,7). The molecule has 0 amide bonds. The van der Waals surface area contributed by atoms with E-state index in [2.05, 4.69) is 10.5 Å². The van der Waals surface area contributed by atoms with Gasteiger partial charge in [-0.2, -0.15) is 13.2 Å². The normalized spacial score (nSPS) is 14.2. The van der Waals surface area contributed by atoms with Gasteiger partial charge in [-0.15, -0.1) is 0 Å². The van der Waals surface area contributed by atoms with E-state index in [1.165, 1.54) is 0 Å². The molecule has 1 fully saturated rings. The highest BCUT2D eigenvalue weighted by molar-refractivity contribution is 5.92. The van der Waals surface area contributed by atoms with E-state index in [4.69, 9.17) is 19.5 Å². The first-order valence-electron chi connectivity index (χ1n) is 4.55. The summed E-state index contributed by atoms with van der Waals surface area (Å²) in [6, 6.07) is 0. The second-order valence-electron chi connectivity index (χ2n) is 2.89. The number of methoxy groups -OCH3 is 1. The van der Waals surface area contributed by atoms with Gasteiger partial charge >= 0.3 is 12.1 Å². The molecule has 0 saturated carbocycles. The monoisotopic (exact) mass is 258 g/mol. The smallest absolute Gasteiger partial charge is 0.475 e. The van der Waals surface area contributed by atoms with E-state index in [0.29, 0.717) is 13.2 Å². The summed E-state index contributed by atoms with van der Waals surface area (Å²) in [6.45, 7) is 2.88. The highest BCUT2D eigenvalue weighted by atomic mass is 19.4. The van der Waals surface area contributed by atoms with Gasteiger partial charge in [0.15, 0.2) is 0 Å². The summed E-state index contributed by atoms with van der Waals surface area (Å²) >= 11 is 0. The van der Waals surface area contributed by atoms with E-state index in [9.17, 15) is 13.2 Å². The van der Waals surface area contributed by atoms with Crippen LogP contribution in [0.3, 0.4) is 0 Å². The second-order valence-corrected chi connectivity index (χ2v) is 2.89. The van der Waals surface area contributed by atoms with Crippen LogP contribution in [0.4, 0.5) is 13.2 Å². The van der Waals surface area contributed by atoms with E-state index >= 15 is 0 Å². The Labute approximate surface area is 95.4 Å². The van der Waals surface area contributed by atoms with Crippen molar-refractivity contribution in [3.63, 3.8) is 0 Å². The van der Waals surface area contributed by atoms with Crippen LogP contribution in [-0.2, 0) is 14.4 Å². The largest absolute Gasteiger partial charge is 0.490 e. The summed E-state index contributed by atoms with van der Waals surface area (Å²) < 4.78 is 36.5. The van der Waals surface area contributed by atoms with Crippen LogP contribution in [0.25, 0.3) is 0 Å². The molecule has 2 N–H and O–H groups in total. The van der Waals surface area contributed by atoms with E-state index in [1.54, 1.807) is 7.11 Å². The summed E-state index contributed by atoms with van der Waals surface area (Å²) in [4.78, 5) is 13.8. The molecule has 1 aliphatic rings. The third kappa shape index (κ3) is 8.46. The average Bonchev–Trinajstić information content (AvgIpc) is 2.14. The Hall–Kier alpha value is -1.35. The molecule has 0 aromatic rings. The fourth-order valence-electron chi connectivity index (χ4n) is 0.559. The summed E-state index contributed by atoms with van der Waals surface area (Å²) in [7, 11) is 1.64. The lowest BCUT2D eigenvalue weighted by atomic mass is 10.2. The van der Waals surface area contributed by atoms with Crippen LogP contribution >= 0.6 is 0 Å². The van der Waals surface area contributed by atoms with Crippen LogP contribution in [0.15, 0.2) is 5.16 Å². The Kier molecular flexibility index (Phi) is 7.22. The number of alkyl halides is 3. The lowest BCUT2D eigenvalue weighted by Crippen LogP contribution is -2.42. The summed E-state index contributed by atoms with van der Waals surface area (Å²) in [5, 5.41) is 14.0. The van der Waals surface area contributed by atoms with Gasteiger partial charge in [-0.25, -0.2) is 4.79 Å². The quantitative estimate of drug-likeness (QED) is 0.558. The van der Waals surface area contributed by atoms with Gasteiger partial charge in [-0.1, -0.05) is 5.16 Å². The van der Waals surface area contributed by atoms with Crippen molar-refractivity contribution >= 4 is 11.7 Å². The Morgan fingerprint density at radius 3 is 2.29 bits per heavy atom. The second kappa shape index (κ2) is 7.85. The predicted molar refractivity (Wildman–Crippen MR) is 51.8 cm³/mol. The van der Waals surface area contributed by atoms with Gasteiger partial charge in [0.1, 0.15) is 6.61 Å². The van der Waals surface area contributed by atoms with Gasteiger partial charge in [-0.3, -0.25) is 0 Å². The van der Waals surface area contributed by atoms with Crippen LogP contribution in [0.2, 0.25) is 0 Å². The number of halogens is 3. The van der Waals surface area contributed by atoms with Crippen molar-refractivity contribution in [3.05, 3.63) is 0 Å². The molecule has 17 heavy (non-hydrogen) atoms. The number of carboxylic acids is 1. The fraction of sp³-hybridized carbons (Fsp3) is 0.750. The summed E-state index contributed by atoms with van der Waals surface area (Å²) in [6.07, 6.45) is -5.08. The number of hydrogen-bond donors (Lipinski definition) is 2. The minimum Gasteiger partial charge on any atom is -0.475 e. The molecule has 0 aliphatic carbocycles. The molecule has 0 aromatic carbocycles. The van der Waals surface area contributed by atoms with Crippen molar-refractivity contribution in [2.45, 2.75) is 6.18 Å². The number of nitrogens with one attached hydrogen (secondary N) is 1. The van der Waals surface area contributed by atoms with Gasteiger partial charge < -0.3 is 20.0 Å². The SMILES string of the molecule is COCCON=C1CNC1.O=C(O)C(F)(F)F. The van der Waals surface area contributed by atoms with Crippen LogP contribution in [-0.4, -0.2) is 56.4 Å². The molecule has 0 bridgehead atoms. The van der Waals surface area contributed by atoms with Gasteiger partial charge in [-0.05, 0) is 0 Å². The maximum absolute atomic E-state index is 10.6. The molecule has 1 saturated heterocycles. The van der Waals surface area contributed by atoms with E-state index in [-0.39, 0.29) is 0 Å². The Morgan fingerprint density at radius 2 is 2.00 bits per heavy atom. The van der Waals surface area contributed by atoms with E-state index in [0.717, 1.165) is 18.8 Å². The van der Waals surface area contributed by atoms with Crippen LogP contribution in [0.1, 0.15) is 0 Å². The predicted octanol–water partition coefficient (Wildman–Crippen LogP) is 0.242. The van der Waals surface area contributed by atoms with Crippen molar-refractivity contribution in [1.29, 1.82) is 0 Å². The summed E-state index contributed by atoms with van der Waals surface area (Å²) in [5.41, 5.74) is 1.08. The fourth-order valence-corrected chi connectivity index (χ4v) is 0.559. The number of carbonyl (C=O) groups is 1. The number of aliphatic carboxylic acids is 1. The van der Waals surface area contributed by atoms with Crippen molar-refractivity contribution in [2.24, 2.45) is 5.16 Å². The first-order chi connectivity index (χ1) is 7.88. The first-order valence-corrected chi connectivity index (χ1v) is 4.55. The number of hydrogen-bond acceptors (Lipinski definition) is 5. The first kappa shape index (κ1) is 15.7. The Balaban J connectivity index is 0.000000325. The number of carboxylic acid groups (broad SMARTS) is 1. The number of nitrogens with zero attached hydrogens (tertiary/aromatic N) is 1. The summed E-state index contributed by atoms with van der Waals surface area (Å²) in [5.74, 6) is -2.76. The maximum Gasteiger partial charge on any atom is 0.490 e. The molecule has 0 radical (unpaired) electrons. The molecule has 1 rings (SSSR count). The zero-order valence-electron chi connectivity index (χ0n) is 9.08. The zero-order chi connectivity index (χ0) is 13.3. The molecular formula is C8H13F3N2O4. The Morgan fingerprint density at radius 1 is 1.47 bits per heavy atom. The van der Waals surface area contributed by atoms with Crippen LogP contribution < -0.4 is 5.32 Å². The van der Waals surface area contributed by atoms with Crippen LogP contribution in [0.5, 0.6) is 0 Å².